The Morgan fingerprint density at radius 3 is 2.66 bits per heavy atom. The highest BCUT2D eigenvalue weighted by Crippen LogP contribution is 2.52. The van der Waals surface area contributed by atoms with Gasteiger partial charge in [-0.1, -0.05) is 20.8 Å². The van der Waals surface area contributed by atoms with Gasteiger partial charge < -0.3 is 19.4 Å². The standard InChI is InChI=1S/C25H35N3O4/c1-7-32-23(30)22-21(18-10-17(31-6)8-9-19(18)27(22)5)26-20(29)13-28-15-25(4)12-16(28)11-24(2,3)14-25/h8-10,16H,7,11-15H2,1-6H3,(H,26,29). The molecule has 0 spiro atoms. The lowest BCUT2D eigenvalue weighted by molar-refractivity contribution is -0.117. The molecule has 1 aliphatic heterocycles. The van der Waals surface area contributed by atoms with Gasteiger partial charge in [-0.2, -0.15) is 0 Å². The van der Waals surface area contributed by atoms with Crippen molar-refractivity contribution in [2.45, 2.75) is 53.0 Å². The molecule has 1 aromatic heterocycles. The molecule has 0 radical (unpaired) electrons. The average Bonchev–Trinajstić information content (AvgIpc) is 3.10. The van der Waals surface area contributed by atoms with Gasteiger partial charge in [0.1, 0.15) is 5.75 Å². The number of rotatable bonds is 6. The van der Waals surface area contributed by atoms with Gasteiger partial charge in [-0.15, -0.1) is 0 Å². The molecule has 2 heterocycles. The first kappa shape index (κ1) is 22.6. The number of methoxy groups -OCH3 is 1. The lowest BCUT2D eigenvalue weighted by Gasteiger charge is -2.39. The van der Waals surface area contributed by atoms with E-state index in [4.69, 9.17) is 9.47 Å². The number of esters is 1. The smallest absolute Gasteiger partial charge is 0.357 e. The predicted octanol–water partition coefficient (Wildman–Crippen LogP) is 4.20. The monoisotopic (exact) mass is 441 g/mol. The number of amides is 1. The molecular weight excluding hydrogens is 406 g/mol. The van der Waals surface area contributed by atoms with Crippen LogP contribution >= 0.6 is 0 Å². The van der Waals surface area contributed by atoms with Crippen molar-refractivity contribution >= 4 is 28.5 Å². The number of nitrogens with zero attached hydrogens (tertiary/aromatic N) is 2. The maximum Gasteiger partial charge on any atom is 0.357 e. The summed E-state index contributed by atoms with van der Waals surface area (Å²) in [5, 5.41) is 3.81. The summed E-state index contributed by atoms with van der Waals surface area (Å²) in [5.74, 6) is 0.101. The largest absolute Gasteiger partial charge is 0.497 e. The van der Waals surface area contributed by atoms with Crippen LogP contribution in [0.2, 0.25) is 0 Å². The number of likely N-dealkylation sites (tertiary alicyclic amines) is 1. The van der Waals surface area contributed by atoms with Crippen molar-refractivity contribution in [1.29, 1.82) is 0 Å². The van der Waals surface area contributed by atoms with Crippen molar-refractivity contribution < 1.29 is 19.1 Å². The lowest BCUT2D eigenvalue weighted by atomic mass is 9.65. The number of ether oxygens (including phenoxy) is 2. The number of hydrogen-bond acceptors (Lipinski definition) is 5. The van der Waals surface area contributed by atoms with Crippen molar-refractivity contribution in [3.63, 3.8) is 0 Å². The van der Waals surface area contributed by atoms with Gasteiger partial charge in [-0.05, 0) is 55.2 Å². The van der Waals surface area contributed by atoms with Crippen LogP contribution in [0.1, 0.15) is 57.4 Å². The van der Waals surface area contributed by atoms with Crippen molar-refractivity contribution in [1.82, 2.24) is 9.47 Å². The highest BCUT2D eigenvalue weighted by molar-refractivity contribution is 6.12. The van der Waals surface area contributed by atoms with E-state index in [0.717, 1.165) is 30.3 Å². The van der Waals surface area contributed by atoms with Gasteiger partial charge in [-0.3, -0.25) is 9.69 Å². The second-order valence-corrected chi connectivity index (χ2v) is 10.6. The first-order valence-electron chi connectivity index (χ1n) is 11.4. The maximum absolute atomic E-state index is 13.2. The molecule has 1 aliphatic carbocycles. The Hall–Kier alpha value is -2.54. The third-order valence-corrected chi connectivity index (χ3v) is 7.01. The first-order valence-corrected chi connectivity index (χ1v) is 11.4. The molecule has 2 bridgehead atoms. The van der Waals surface area contributed by atoms with Crippen molar-refractivity contribution in [3.05, 3.63) is 23.9 Å². The molecule has 1 N–H and O–H groups in total. The van der Waals surface area contributed by atoms with Gasteiger partial charge >= 0.3 is 5.97 Å². The molecule has 2 atom stereocenters. The van der Waals surface area contributed by atoms with Gasteiger partial charge in [0.25, 0.3) is 0 Å². The van der Waals surface area contributed by atoms with Crippen LogP contribution in [0.15, 0.2) is 18.2 Å². The minimum Gasteiger partial charge on any atom is -0.497 e. The molecule has 32 heavy (non-hydrogen) atoms. The second-order valence-electron chi connectivity index (χ2n) is 10.6. The Bertz CT molecular complexity index is 1060. The van der Waals surface area contributed by atoms with Gasteiger partial charge in [-0.25, -0.2) is 4.79 Å². The summed E-state index contributed by atoms with van der Waals surface area (Å²) in [7, 11) is 3.41. The third-order valence-electron chi connectivity index (χ3n) is 7.01. The summed E-state index contributed by atoms with van der Waals surface area (Å²) in [5.41, 5.74) is 2.22. The second kappa shape index (κ2) is 8.10. The average molecular weight is 442 g/mol. The molecule has 2 fully saturated rings. The van der Waals surface area contributed by atoms with E-state index in [9.17, 15) is 9.59 Å². The van der Waals surface area contributed by atoms with E-state index in [1.54, 1.807) is 18.6 Å². The fourth-order valence-corrected chi connectivity index (χ4v) is 6.24. The van der Waals surface area contributed by atoms with E-state index in [1.807, 2.05) is 25.2 Å². The summed E-state index contributed by atoms with van der Waals surface area (Å²) >= 11 is 0. The number of benzene rings is 1. The molecule has 1 saturated heterocycles. The minimum absolute atomic E-state index is 0.111. The molecule has 1 saturated carbocycles. The van der Waals surface area contributed by atoms with E-state index in [1.165, 1.54) is 6.42 Å². The van der Waals surface area contributed by atoms with Gasteiger partial charge in [0.15, 0.2) is 5.69 Å². The Morgan fingerprint density at radius 2 is 1.97 bits per heavy atom. The Kier molecular flexibility index (Phi) is 5.74. The Morgan fingerprint density at radius 1 is 1.22 bits per heavy atom. The molecule has 174 valence electrons. The SMILES string of the molecule is CCOC(=O)c1c(NC(=O)CN2CC3(C)CC2CC(C)(C)C3)c2cc(OC)ccc2n1C. The van der Waals surface area contributed by atoms with Crippen LogP contribution in [-0.2, 0) is 16.6 Å². The Labute approximate surface area is 190 Å². The molecule has 2 unspecified atom stereocenters. The fraction of sp³-hybridized carbons (Fsp3) is 0.600. The van der Waals surface area contributed by atoms with Gasteiger partial charge in [0.05, 0.1) is 31.5 Å². The lowest BCUT2D eigenvalue weighted by Crippen LogP contribution is -2.38. The van der Waals surface area contributed by atoms with Crippen molar-refractivity contribution in [2.75, 3.05) is 32.1 Å². The molecule has 2 aromatic rings. The minimum atomic E-state index is -0.452. The van der Waals surface area contributed by atoms with Crippen LogP contribution in [0.4, 0.5) is 5.69 Å². The third kappa shape index (κ3) is 4.10. The number of fused-ring (bicyclic) bond motifs is 3. The highest BCUT2D eigenvalue weighted by atomic mass is 16.5. The normalized spacial score (nSPS) is 24.5. The zero-order valence-corrected chi connectivity index (χ0v) is 20.1. The summed E-state index contributed by atoms with van der Waals surface area (Å²) in [6, 6.07) is 6.00. The molecule has 1 amide bonds. The van der Waals surface area contributed by atoms with Crippen LogP contribution in [-0.4, -0.2) is 54.2 Å². The van der Waals surface area contributed by atoms with E-state index < -0.39 is 5.97 Å². The van der Waals surface area contributed by atoms with Crippen LogP contribution in [0, 0.1) is 10.8 Å². The summed E-state index contributed by atoms with van der Waals surface area (Å²) in [4.78, 5) is 28.3. The molecule has 1 aromatic carbocycles. The number of anilines is 1. The first-order chi connectivity index (χ1) is 15.1. The number of aromatic nitrogens is 1. The van der Waals surface area contributed by atoms with E-state index in [-0.39, 0.29) is 17.9 Å². The van der Waals surface area contributed by atoms with Crippen LogP contribution in [0.3, 0.4) is 0 Å². The predicted molar refractivity (Wildman–Crippen MR) is 125 cm³/mol. The summed E-state index contributed by atoms with van der Waals surface area (Å²) < 4.78 is 12.4. The van der Waals surface area contributed by atoms with Gasteiger partial charge in [0.2, 0.25) is 5.91 Å². The molecule has 4 rings (SSSR count). The zero-order chi connectivity index (χ0) is 23.3. The Balaban J connectivity index is 1.62. The fourth-order valence-electron chi connectivity index (χ4n) is 6.24. The molecule has 7 heteroatoms. The molecule has 7 nitrogen and oxygen atoms in total. The van der Waals surface area contributed by atoms with Crippen LogP contribution in [0.5, 0.6) is 5.75 Å². The van der Waals surface area contributed by atoms with Crippen molar-refractivity contribution in [2.24, 2.45) is 17.9 Å². The molecular formula is C25H35N3O4. The maximum atomic E-state index is 13.2. The number of carbonyl (C=O) groups is 2. The van der Waals surface area contributed by atoms with E-state index >= 15 is 0 Å². The van der Waals surface area contributed by atoms with E-state index in [2.05, 4.69) is 31.0 Å². The number of aryl methyl sites for hydroxylation is 1. The molecule has 2 aliphatic rings. The van der Waals surface area contributed by atoms with E-state index in [0.29, 0.717) is 35.1 Å². The van der Waals surface area contributed by atoms with Crippen LogP contribution < -0.4 is 10.1 Å². The topological polar surface area (TPSA) is 72.8 Å². The van der Waals surface area contributed by atoms with Crippen LogP contribution in [0.25, 0.3) is 10.9 Å². The zero-order valence-electron chi connectivity index (χ0n) is 20.1. The van der Waals surface area contributed by atoms with Crippen molar-refractivity contribution in [3.8, 4) is 5.75 Å². The number of hydrogen-bond donors (Lipinski definition) is 1. The van der Waals surface area contributed by atoms with Gasteiger partial charge in [0, 0.05) is 25.0 Å². The number of carbonyl (C=O) groups excluding carboxylic acids is 2. The number of nitrogens with one attached hydrogen (secondary N) is 1. The summed E-state index contributed by atoms with van der Waals surface area (Å²) in [6.45, 7) is 10.3. The highest BCUT2D eigenvalue weighted by Gasteiger charge is 2.49. The quantitative estimate of drug-likeness (QED) is 0.680. The summed E-state index contributed by atoms with van der Waals surface area (Å²) in [6.07, 6.45) is 3.43.